The number of rotatable bonds is 5. The predicted molar refractivity (Wildman–Crippen MR) is 80.5 cm³/mol. The van der Waals surface area contributed by atoms with Crippen LogP contribution in [0, 0.1) is 0 Å². The molecule has 0 fully saturated rings. The quantitative estimate of drug-likeness (QED) is 0.904. The van der Waals surface area contributed by atoms with Crippen LogP contribution in [0.25, 0.3) is 0 Å². The Morgan fingerprint density at radius 2 is 1.76 bits per heavy atom. The van der Waals surface area contributed by atoms with E-state index in [1.54, 1.807) is 6.92 Å². The van der Waals surface area contributed by atoms with E-state index in [1.807, 2.05) is 24.3 Å². The highest BCUT2D eigenvalue weighted by Gasteiger charge is 2.21. The van der Waals surface area contributed by atoms with Gasteiger partial charge in [-0.1, -0.05) is 32.9 Å². The summed E-state index contributed by atoms with van der Waals surface area (Å²) in [4.78, 5) is 23.7. The molecule has 0 heterocycles. The lowest BCUT2D eigenvalue weighted by Crippen LogP contribution is -2.40. The molecule has 1 N–H and O–H groups in total. The Morgan fingerprint density at radius 3 is 2.19 bits per heavy atom. The molecular weight excluding hydrogens is 270 g/mol. The number of carboxylic acids is 1. The van der Waals surface area contributed by atoms with Crippen molar-refractivity contribution in [1.82, 2.24) is 4.90 Å². The minimum Gasteiger partial charge on any atom is -0.481 e. The van der Waals surface area contributed by atoms with Gasteiger partial charge in [-0.2, -0.15) is 0 Å². The summed E-state index contributed by atoms with van der Waals surface area (Å²) in [5.74, 6) is -0.822. The van der Waals surface area contributed by atoms with Gasteiger partial charge < -0.3 is 14.7 Å². The topological polar surface area (TPSA) is 66.8 Å². The summed E-state index contributed by atoms with van der Waals surface area (Å²) in [5, 5.41) is 8.68. The average Bonchev–Trinajstić information content (AvgIpc) is 2.36. The van der Waals surface area contributed by atoms with Crippen LogP contribution in [0.3, 0.4) is 0 Å². The van der Waals surface area contributed by atoms with Crippen LogP contribution in [0.4, 0.5) is 0 Å². The van der Waals surface area contributed by atoms with Crippen LogP contribution in [-0.2, 0) is 15.0 Å². The Kier molecular flexibility index (Phi) is 5.35. The molecule has 1 aromatic carbocycles. The van der Waals surface area contributed by atoms with E-state index in [2.05, 4.69) is 20.8 Å². The van der Waals surface area contributed by atoms with E-state index < -0.39 is 12.1 Å². The maximum absolute atomic E-state index is 11.9. The smallest absolute Gasteiger partial charge is 0.323 e. The number of amides is 1. The molecule has 1 atom stereocenters. The summed E-state index contributed by atoms with van der Waals surface area (Å²) in [6, 6.07) is 7.57. The van der Waals surface area contributed by atoms with Crippen molar-refractivity contribution in [3.63, 3.8) is 0 Å². The second-order valence-corrected chi connectivity index (χ2v) is 6.12. The maximum atomic E-state index is 11.9. The molecule has 0 aromatic heterocycles. The number of nitrogens with zero attached hydrogens (tertiary/aromatic N) is 1. The monoisotopic (exact) mass is 293 g/mol. The lowest BCUT2D eigenvalue weighted by Gasteiger charge is -2.22. The van der Waals surface area contributed by atoms with Crippen LogP contribution in [0.2, 0.25) is 0 Å². The molecule has 5 nitrogen and oxygen atoms in total. The summed E-state index contributed by atoms with van der Waals surface area (Å²) in [6.45, 7) is 7.63. The third kappa shape index (κ3) is 5.10. The third-order valence-corrected chi connectivity index (χ3v) is 3.13. The molecule has 0 aliphatic carbocycles. The van der Waals surface area contributed by atoms with Gasteiger partial charge in [0.15, 0.2) is 6.10 Å². The first kappa shape index (κ1) is 17.0. The average molecular weight is 293 g/mol. The van der Waals surface area contributed by atoms with E-state index in [-0.39, 0.29) is 17.9 Å². The molecule has 21 heavy (non-hydrogen) atoms. The minimum absolute atomic E-state index is 0.0572. The zero-order chi connectivity index (χ0) is 16.2. The van der Waals surface area contributed by atoms with Crippen molar-refractivity contribution in [1.29, 1.82) is 0 Å². The van der Waals surface area contributed by atoms with E-state index in [9.17, 15) is 9.59 Å². The minimum atomic E-state index is -1.05. The van der Waals surface area contributed by atoms with Gasteiger partial charge >= 0.3 is 5.97 Å². The molecule has 1 aromatic rings. The van der Waals surface area contributed by atoms with Gasteiger partial charge in [-0.25, -0.2) is 0 Å². The number of hydrogen-bond acceptors (Lipinski definition) is 3. The number of carbonyl (C=O) groups is 2. The number of aliphatic carboxylic acids is 1. The fourth-order valence-corrected chi connectivity index (χ4v) is 1.88. The molecule has 0 radical (unpaired) electrons. The van der Waals surface area contributed by atoms with Crippen LogP contribution in [0.5, 0.6) is 5.75 Å². The first-order chi connectivity index (χ1) is 9.61. The highest BCUT2D eigenvalue weighted by atomic mass is 16.5. The Bertz CT molecular complexity index is 502. The van der Waals surface area contributed by atoms with Gasteiger partial charge in [0, 0.05) is 7.05 Å². The maximum Gasteiger partial charge on any atom is 0.323 e. The first-order valence-electron chi connectivity index (χ1n) is 6.85. The normalized spacial score (nSPS) is 12.6. The molecule has 116 valence electrons. The molecule has 0 bridgehead atoms. The molecular formula is C16H23NO4. The summed E-state index contributed by atoms with van der Waals surface area (Å²) < 4.78 is 5.56. The second-order valence-electron chi connectivity index (χ2n) is 6.12. The number of benzene rings is 1. The van der Waals surface area contributed by atoms with E-state index >= 15 is 0 Å². The number of hydrogen-bond donors (Lipinski definition) is 1. The molecule has 1 amide bonds. The molecule has 0 saturated carbocycles. The van der Waals surface area contributed by atoms with Gasteiger partial charge in [-0.05, 0) is 30.0 Å². The Balaban J connectivity index is 2.68. The van der Waals surface area contributed by atoms with Crippen LogP contribution in [0.1, 0.15) is 33.3 Å². The largest absolute Gasteiger partial charge is 0.481 e. The lowest BCUT2D eigenvalue weighted by molar-refractivity contribution is -0.146. The highest BCUT2D eigenvalue weighted by molar-refractivity contribution is 5.84. The lowest BCUT2D eigenvalue weighted by atomic mass is 9.87. The van der Waals surface area contributed by atoms with Crippen molar-refractivity contribution in [2.45, 2.75) is 39.2 Å². The zero-order valence-corrected chi connectivity index (χ0v) is 13.2. The Hall–Kier alpha value is -2.04. The first-order valence-corrected chi connectivity index (χ1v) is 6.85. The number of likely N-dealkylation sites (N-methyl/N-ethyl adjacent to an activating group) is 1. The van der Waals surface area contributed by atoms with E-state index in [0.29, 0.717) is 5.75 Å². The number of carbonyl (C=O) groups excluding carboxylic acids is 1. The molecule has 1 rings (SSSR count). The molecule has 0 aliphatic heterocycles. The molecule has 0 saturated heterocycles. The molecule has 0 aliphatic rings. The zero-order valence-electron chi connectivity index (χ0n) is 13.2. The Labute approximate surface area is 125 Å². The highest BCUT2D eigenvalue weighted by Crippen LogP contribution is 2.24. The number of carboxylic acid groups (broad SMARTS) is 1. The van der Waals surface area contributed by atoms with Crippen LogP contribution >= 0.6 is 0 Å². The van der Waals surface area contributed by atoms with Crippen molar-refractivity contribution in [3.8, 4) is 5.75 Å². The fourth-order valence-electron chi connectivity index (χ4n) is 1.88. The van der Waals surface area contributed by atoms with E-state index in [4.69, 9.17) is 9.84 Å². The molecule has 5 heteroatoms. The molecule has 0 spiro atoms. The van der Waals surface area contributed by atoms with Crippen LogP contribution in [0.15, 0.2) is 24.3 Å². The summed E-state index contributed by atoms with van der Waals surface area (Å²) in [6.07, 6.45) is -0.727. The van der Waals surface area contributed by atoms with Gasteiger partial charge in [-0.15, -0.1) is 0 Å². The summed E-state index contributed by atoms with van der Waals surface area (Å²) in [7, 11) is 1.44. The van der Waals surface area contributed by atoms with Crippen molar-refractivity contribution >= 4 is 11.9 Å². The van der Waals surface area contributed by atoms with Crippen molar-refractivity contribution in [3.05, 3.63) is 29.8 Å². The number of ether oxygens (including phenoxy) is 1. The van der Waals surface area contributed by atoms with Crippen molar-refractivity contribution in [2.24, 2.45) is 0 Å². The summed E-state index contributed by atoms with van der Waals surface area (Å²) in [5.41, 5.74) is 1.23. The van der Waals surface area contributed by atoms with E-state index in [1.165, 1.54) is 12.6 Å². The third-order valence-electron chi connectivity index (χ3n) is 3.13. The van der Waals surface area contributed by atoms with E-state index in [0.717, 1.165) is 4.90 Å². The van der Waals surface area contributed by atoms with Gasteiger partial charge in [0.25, 0.3) is 5.91 Å². The molecule has 1 unspecified atom stereocenters. The van der Waals surface area contributed by atoms with Crippen LogP contribution in [-0.4, -0.2) is 41.6 Å². The van der Waals surface area contributed by atoms with Gasteiger partial charge in [0.2, 0.25) is 0 Å². The van der Waals surface area contributed by atoms with Crippen LogP contribution < -0.4 is 4.74 Å². The summed E-state index contributed by atoms with van der Waals surface area (Å²) >= 11 is 0. The predicted octanol–water partition coefficient (Wildman–Crippen LogP) is 2.29. The SMILES string of the molecule is CC(Oc1ccc(C(C)(C)C)cc1)C(=O)N(C)CC(=O)O. The van der Waals surface area contributed by atoms with Gasteiger partial charge in [0.1, 0.15) is 12.3 Å². The fraction of sp³-hybridized carbons (Fsp3) is 0.500. The van der Waals surface area contributed by atoms with Gasteiger partial charge in [0.05, 0.1) is 0 Å². The second kappa shape index (κ2) is 6.61. The van der Waals surface area contributed by atoms with Crippen molar-refractivity contribution < 1.29 is 19.4 Å². The van der Waals surface area contributed by atoms with Crippen molar-refractivity contribution in [2.75, 3.05) is 13.6 Å². The standard InChI is InChI=1S/C16H23NO4/c1-11(15(20)17(5)10-14(18)19)21-13-8-6-12(7-9-13)16(2,3)4/h6-9,11H,10H2,1-5H3,(H,18,19). The Morgan fingerprint density at radius 1 is 1.24 bits per heavy atom. The van der Waals surface area contributed by atoms with Gasteiger partial charge in [-0.3, -0.25) is 9.59 Å².